The molecule has 0 aliphatic carbocycles. The van der Waals surface area contributed by atoms with Crippen LogP contribution < -0.4 is 5.56 Å². The SMILES string of the molecule is CSc1ccc2nc(Cl)c(Cn3c(C(=O)O)c(-c4ccc[nH]c4=O)c4c5occc5c(F)cc43)cc2c1. The van der Waals surface area contributed by atoms with Crippen LogP contribution in [0.15, 0.2) is 75.1 Å². The summed E-state index contributed by atoms with van der Waals surface area (Å²) >= 11 is 8.13. The van der Waals surface area contributed by atoms with Gasteiger partial charge in [-0.2, -0.15) is 0 Å². The first-order valence-electron chi connectivity index (χ1n) is 11.1. The van der Waals surface area contributed by atoms with Crippen molar-refractivity contribution in [3.63, 3.8) is 0 Å². The van der Waals surface area contributed by atoms with Crippen LogP contribution in [0.2, 0.25) is 5.15 Å². The summed E-state index contributed by atoms with van der Waals surface area (Å²) < 4.78 is 22.2. The van der Waals surface area contributed by atoms with Gasteiger partial charge >= 0.3 is 5.97 Å². The van der Waals surface area contributed by atoms with Crippen LogP contribution in [0.4, 0.5) is 4.39 Å². The van der Waals surface area contributed by atoms with E-state index in [0.717, 1.165) is 10.3 Å². The Morgan fingerprint density at radius 1 is 1.24 bits per heavy atom. The second-order valence-corrected chi connectivity index (χ2v) is 9.68. The number of carboxylic acid groups (broad SMARTS) is 1. The topological polar surface area (TPSA) is 101 Å². The van der Waals surface area contributed by atoms with Crippen LogP contribution in [0.5, 0.6) is 0 Å². The number of aromatic amines is 1. The molecule has 6 aromatic rings. The molecule has 4 heterocycles. The standard InChI is InChI=1S/C27H17ClFN3O4S/c1-37-15-4-5-19-13(10-15)9-14(25(28)31-19)12-32-20-11-18(29)16-6-8-36-24(16)22(20)21(23(32)27(34)35)17-3-2-7-30-26(17)33/h2-11H,12H2,1H3,(H,30,33)(H,34,35). The van der Waals surface area contributed by atoms with Crippen molar-refractivity contribution in [2.24, 2.45) is 0 Å². The molecular formula is C27H17ClFN3O4S. The average Bonchev–Trinajstić information content (AvgIpc) is 3.48. The fraction of sp³-hybridized carbons (Fsp3) is 0.0741. The summed E-state index contributed by atoms with van der Waals surface area (Å²) in [6, 6.07) is 13.5. The fourth-order valence-electron chi connectivity index (χ4n) is 4.76. The minimum absolute atomic E-state index is 0.0280. The second kappa shape index (κ2) is 8.79. The molecule has 10 heteroatoms. The number of pyridine rings is 2. The number of hydrogen-bond donors (Lipinski definition) is 2. The van der Waals surface area contributed by atoms with Gasteiger partial charge in [-0.05, 0) is 54.8 Å². The molecule has 0 atom stereocenters. The van der Waals surface area contributed by atoms with Gasteiger partial charge < -0.3 is 19.1 Å². The quantitative estimate of drug-likeness (QED) is 0.192. The molecule has 6 rings (SSSR count). The number of rotatable bonds is 5. The van der Waals surface area contributed by atoms with E-state index in [1.54, 1.807) is 17.8 Å². The van der Waals surface area contributed by atoms with Crippen LogP contribution in [0.3, 0.4) is 0 Å². The number of benzene rings is 2. The highest BCUT2D eigenvalue weighted by Gasteiger charge is 2.29. The van der Waals surface area contributed by atoms with Crippen molar-refractivity contribution in [1.82, 2.24) is 14.5 Å². The number of nitrogens with one attached hydrogen (secondary N) is 1. The number of halogens is 2. The molecule has 184 valence electrons. The Hall–Kier alpha value is -4.08. The second-order valence-electron chi connectivity index (χ2n) is 8.44. The van der Waals surface area contributed by atoms with E-state index in [1.807, 2.05) is 30.5 Å². The largest absolute Gasteiger partial charge is 0.477 e. The Morgan fingerprint density at radius 2 is 2.08 bits per heavy atom. The van der Waals surface area contributed by atoms with E-state index in [2.05, 4.69) is 9.97 Å². The highest BCUT2D eigenvalue weighted by Crippen LogP contribution is 2.40. The van der Waals surface area contributed by atoms with Crippen LogP contribution in [0.1, 0.15) is 16.1 Å². The number of fused-ring (bicyclic) bond motifs is 4. The predicted molar refractivity (Wildman–Crippen MR) is 142 cm³/mol. The molecular weight excluding hydrogens is 517 g/mol. The maximum atomic E-state index is 15.1. The summed E-state index contributed by atoms with van der Waals surface area (Å²) in [7, 11) is 0. The van der Waals surface area contributed by atoms with Gasteiger partial charge in [-0.1, -0.05) is 11.6 Å². The minimum atomic E-state index is -1.29. The van der Waals surface area contributed by atoms with Gasteiger partial charge in [-0.15, -0.1) is 11.8 Å². The van der Waals surface area contributed by atoms with E-state index < -0.39 is 17.3 Å². The molecule has 0 unspecified atom stereocenters. The minimum Gasteiger partial charge on any atom is -0.477 e. The van der Waals surface area contributed by atoms with Gasteiger partial charge in [-0.25, -0.2) is 14.2 Å². The zero-order valence-corrected chi connectivity index (χ0v) is 20.8. The van der Waals surface area contributed by atoms with Crippen molar-refractivity contribution in [2.75, 3.05) is 6.26 Å². The average molecular weight is 534 g/mol. The van der Waals surface area contributed by atoms with E-state index in [4.69, 9.17) is 16.0 Å². The van der Waals surface area contributed by atoms with E-state index in [1.165, 1.54) is 35.2 Å². The number of hydrogen-bond acceptors (Lipinski definition) is 5. The van der Waals surface area contributed by atoms with Crippen molar-refractivity contribution in [1.29, 1.82) is 0 Å². The maximum absolute atomic E-state index is 15.1. The number of aromatic carboxylic acids is 1. The molecule has 0 fully saturated rings. The molecule has 0 amide bonds. The van der Waals surface area contributed by atoms with Gasteiger partial charge in [0, 0.05) is 27.6 Å². The number of thioether (sulfide) groups is 1. The first-order chi connectivity index (χ1) is 17.9. The van der Waals surface area contributed by atoms with E-state index in [-0.39, 0.29) is 45.0 Å². The molecule has 0 saturated carbocycles. The zero-order valence-electron chi connectivity index (χ0n) is 19.2. The van der Waals surface area contributed by atoms with Gasteiger partial charge in [-0.3, -0.25) is 4.79 Å². The van der Waals surface area contributed by atoms with Crippen LogP contribution in [-0.2, 0) is 6.54 Å². The van der Waals surface area contributed by atoms with Crippen molar-refractivity contribution in [2.45, 2.75) is 11.4 Å². The van der Waals surface area contributed by atoms with Crippen molar-refractivity contribution < 1.29 is 18.7 Å². The lowest BCUT2D eigenvalue weighted by Crippen LogP contribution is -2.14. The van der Waals surface area contributed by atoms with Gasteiger partial charge in [0.1, 0.15) is 22.2 Å². The molecule has 0 aliphatic heterocycles. The van der Waals surface area contributed by atoms with E-state index in [9.17, 15) is 14.7 Å². The van der Waals surface area contributed by atoms with Crippen LogP contribution in [0.25, 0.3) is 43.9 Å². The summed E-state index contributed by atoms with van der Waals surface area (Å²) in [4.78, 5) is 33.6. The number of aromatic nitrogens is 3. The van der Waals surface area contributed by atoms with Crippen LogP contribution in [-0.4, -0.2) is 31.9 Å². The Labute approximate surface area is 217 Å². The Bertz CT molecular complexity index is 1940. The lowest BCUT2D eigenvalue weighted by Gasteiger charge is -2.12. The van der Waals surface area contributed by atoms with Crippen LogP contribution >= 0.6 is 23.4 Å². The molecule has 0 spiro atoms. The summed E-state index contributed by atoms with van der Waals surface area (Å²) in [5, 5.41) is 11.9. The molecule has 2 N–H and O–H groups in total. The summed E-state index contributed by atoms with van der Waals surface area (Å²) in [6.45, 7) is -0.0280. The monoisotopic (exact) mass is 533 g/mol. The number of H-pyrrole nitrogens is 1. The summed E-state index contributed by atoms with van der Waals surface area (Å²) in [6.07, 6.45) is 4.75. The fourth-order valence-corrected chi connectivity index (χ4v) is 5.41. The van der Waals surface area contributed by atoms with Gasteiger partial charge in [0.05, 0.1) is 40.2 Å². The maximum Gasteiger partial charge on any atom is 0.353 e. The number of carbonyl (C=O) groups is 1. The van der Waals surface area contributed by atoms with Gasteiger partial charge in [0.2, 0.25) is 0 Å². The van der Waals surface area contributed by atoms with Crippen LogP contribution in [0, 0.1) is 5.82 Å². The molecule has 0 radical (unpaired) electrons. The molecule has 0 saturated heterocycles. The first-order valence-corrected chi connectivity index (χ1v) is 12.7. The highest BCUT2D eigenvalue weighted by molar-refractivity contribution is 7.98. The number of carboxylic acids is 1. The molecule has 37 heavy (non-hydrogen) atoms. The summed E-state index contributed by atoms with van der Waals surface area (Å²) in [5.41, 5.74) is 1.24. The predicted octanol–water partition coefficient (Wildman–Crippen LogP) is 6.55. The van der Waals surface area contributed by atoms with Gasteiger partial charge in [0.15, 0.2) is 0 Å². The van der Waals surface area contributed by atoms with Crippen molar-refractivity contribution >= 4 is 62.1 Å². The molecule has 7 nitrogen and oxygen atoms in total. The zero-order chi connectivity index (χ0) is 25.8. The molecule has 4 aromatic heterocycles. The molecule has 0 aliphatic rings. The lowest BCUT2D eigenvalue weighted by atomic mass is 10.0. The Kier molecular flexibility index (Phi) is 5.54. The van der Waals surface area contributed by atoms with E-state index in [0.29, 0.717) is 16.5 Å². The summed E-state index contributed by atoms with van der Waals surface area (Å²) in [5.74, 6) is -1.86. The van der Waals surface area contributed by atoms with Crippen molar-refractivity contribution in [3.05, 3.63) is 93.6 Å². The third-order valence-corrected chi connectivity index (χ3v) is 7.44. The third kappa shape index (κ3) is 3.70. The van der Waals surface area contributed by atoms with Crippen molar-refractivity contribution in [3.8, 4) is 11.1 Å². The Balaban J connectivity index is 1.70. The highest BCUT2D eigenvalue weighted by atomic mass is 35.5. The van der Waals surface area contributed by atoms with Gasteiger partial charge in [0.25, 0.3) is 5.56 Å². The number of furan rings is 1. The normalized spacial score (nSPS) is 11.6. The molecule has 2 aromatic carbocycles. The lowest BCUT2D eigenvalue weighted by molar-refractivity contribution is 0.0687. The Morgan fingerprint density at radius 3 is 2.84 bits per heavy atom. The number of nitrogens with zero attached hydrogens (tertiary/aromatic N) is 2. The smallest absolute Gasteiger partial charge is 0.353 e. The third-order valence-electron chi connectivity index (χ3n) is 6.38. The van der Waals surface area contributed by atoms with E-state index >= 15 is 4.39 Å². The first kappa shape index (κ1) is 23.3. The molecule has 0 bridgehead atoms.